The highest BCUT2D eigenvalue weighted by atomic mass is 16.5. The number of carbonyl (C=O) groups excluding carboxylic acids is 2. The van der Waals surface area contributed by atoms with Crippen molar-refractivity contribution in [3.63, 3.8) is 0 Å². The summed E-state index contributed by atoms with van der Waals surface area (Å²) in [5.41, 5.74) is 5.29. The van der Waals surface area contributed by atoms with Gasteiger partial charge in [0.1, 0.15) is 6.04 Å². The number of aromatic nitrogens is 3. The lowest BCUT2D eigenvalue weighted by molar-refractivity contribution is -0.143. The number of anilines is 1. The van der Waals surface area contributed by atoms with E-state index in [1.54, 1.807) is 0 Å². The number of hydrogen-bond acceptors (Lipinski definition) is 6. The van der Waals surface area contributed by atoms with Gasteiger partial charge >= 0.3 is 5.97 Å². The first-order valence-corrected chi connectivity index (χ1v) is 5.50. The van der Waals surface area contributed by atoms with Crippen molar-refractivity contribution >= 4 is 17.8 Å². The van der Waals surface area contributed by atoms with E-state index in [0.717, 1.165) is 0 Å². The van der Waals surface area contributed by atoms with Gasteiger partial charge in [0.2, 0.25) is 11.8 Å². The fraction of sp³-hybridized carbons (Fsp3) is 0.600. The molecule has 4 N–H and O–H groups in total. The predicted molar refractivity (Wildman–Crippen MR) is 63.5 cm³/mol. The van der Waals surface area contributed by atoms with Gasteiger partial charge in [-0.3, -0.25) is 9.89 Å². The van der Waals surface area contributed by atoms with Crippen LogP contribution in [0.15, 0.2) is 0 Å². The standard InChI is InChI=1S/C10H17N5O3/c1-5(2)4-6(9(17)18-3)12-8(16)7-13-10(11)15-14-7/h5-6H,4H2,1-3H3,(H,12,16)(H3,11,13,14,15). The monoisotopic (exact) mass is 255 g/mol. The molecule has 1 atom stereocenters. The van der Waals surface area contributed by atoms with E-state index in [1.165, 1.54) is 7.11 Å². The summed E-state index contributed by atoms with van der Waals surface area (Å²) < 4.78 is 4.63. The maximum Gasteiger partial charge on any atom is 0.328 e. The highest BCUT2D eigenvalue weighted by Gasteiger charge is 2.24. The van der Waals surface area contributed by atoms with E-state index in [9.17, 15) is 9.59 Å². The third-order valence-corrected chi connectivity index (χ3v) is 2.22. The molecule has 0 bridgehead atoms. The van der Waals surface area contributed by atoms with Crippen LogP contribution >= 0.6 is 0 Å². The van der Waals surface area contributed by atoms with Gasteiger partial charge in [0.25, 0.3) is 5.91 Å². The minimum absolute atomic E-state index is 0.0290. The topological polar surface area (TPSA) is 123 Å². The first-order valence-electron chi connectivity index (χ1n) is 5.50. The number of nitrogens with one attached hydrogen (secondary N) is 2. The highest BCUT2D eigenvalue weighted by Crippen LogP contribution is 2.07. The van der Waals surface area contributed by atoms with Crippen molar-refractivity contribution in [1.29, 1.82) is 0 Å². The molecule has 1 heterocycles. The molecule has 0 fully saturated rings. The Morgan fingerprint density at radius 2 is 2.17 bits per heavy atom. The summed E-state index contributed by atoms with van der Waals surface area (Å²) in [6, 6.07) is -0.714. The van der Waals surface area contributed by atoms with Crippen molar-refractivity contribution < 1.29 is 14.3 Å². The van der Waals surface area contributed by atoms with Crippen molar-refractivity contribution in [1.82, 2.24) is 20.5 Å². The average molecular weight is 255 g/mol. The molecule has 1 rings (SSSR count). The van der Waals surface area contributed by atoms with E-state index in [0.29, 0.717) is 6.42 Å². The second-order valence-corrected chi connectivity index (χ2v) is 4.22. The van der Waals surface area contributed by atoms with Crippen molar-refractivity contribution in [3.05, 3.63) is 5.82 Å². The normalized spacial score (nSPS) is 12.2. The molecule has 0 saturated carbocycles. The van der Waals surface area contributed by atoms with Crippen LogP contribution in [0.5, 0.6) is 0 Å². The fourth-order valence-corrected chi connectivity index (χ4v) is 1.43. The van der Waals surface area contributed by atoms with Crippen LogP contribution in [0.3, 0.4) is 0 Å². The predicted octanol–water partition coefficient (Wildman–Crippen LogP) is -0.296. The van der Waals surface area contributed by atoms with E-state index >= 15 is 0 Å². The number of nitrogens with two attached hydrogens (primary N) is 1. The third kappa shape index (κ3) is 3.72. The van der Waals surface area contributed by atoms with Gasteiger partial charge in [-0.1, -0.05) is 13.8 Å². The summed E-state index contributed by atoms with van der Waals surface area (Å²) in [6.45, 7) is 3.88. The van der Waals surface area contributed by atoms with Crippen LogP contribution < -0.4 is 11.1 Å². The first kappa shape index (κ1) is 13.9. The van der Waals surface area contributed by atoms with E-state index in [-0.39, 0.29) is 17.7 Å². The molecular formula is C10H17N5O3. The maximum absolute atomic E-state index is 11.8. The average Bonchev–Trinajstić information content (AvgIpc) is 2.73. The lowest BCUT2D eigenvalue weighted by Gasteiger charge is -2.17. The summed E-state index contributed by atoms with van der Waals surface area (Å²) in [5, 5.41) is 8.43. The van der Waals surface area contributed by atoms with Crippen molar-refractivity contribution in [2.24, 2.45) is 5.92 Å². The molecule has 8 heteroatoms. The zero-order valence-electron chi connectivity index (χ0n) is 10.6. The van der Waals surface area contributed by atoms with Crippen molar-refractivity contribution in [3.8, 4) is 0 Å². The molecule has 0 aromatic carbocycles. The largest absolute Gasteiger partial charge is 0.467 e. The van der Waals surface area contributed by atoms with Crippen LogP contribution in [0.4, 0.5) is 5.95 Å². The van der Waals surface area contributed by atoms with Gasteiger partial charge in [-0.2, -0.15) is 4.98 Å². The number of aromatic amines is 1. The molecule has 0 spiro atoms. The molecule has 1 aromatic heterocycles. The quantitative estimate of drug-likeness (QED) is 0.621. The summed E-state index contributed by atoms with van der Waals surface area (Å²) in [4.78, 5) is 26.9. The Kier molecular flexibility index (Phi) is 4.64. The van der Waals surface area contributed by atoms with Crippen LogP contribution in [0.25, 0.3) is 0 Å². The number of amides is 1. The number of nitrogens with zero attached hydrogens (tertiary/aromatic N) is 2. The zero-order chi connectivity index (χ0) is 13.7. The molecule has 8 nitrogen and oxygen atoms in total. The molecule has 18 heavy (non-hydrogen) atoms. The SMILES string of the molecule is COC(=O)C(CC(C)C)NC(=O)c1nc(N)n[nH]1. The van der Waals surface area contributed by atoms with Gasteiger partial charge in [0, 0.05) is 0 Å². The van der Waals surface area contributed by atoms with Crippen LogP contribution in [-0.4, -0.2) is 40.2 Å². The minimum Gasteiger partial charge on any atom is -0.467 e. The van der Waals surface area contributed by atoms with E-state index in [4.69, 9.17) is 5.73 Å². The van der Waals surface area contributed by atoms with Gasteiger partial charge in [-0.05, 0) is 12.3 Å². The molecule has 0 aliphatic rings. The number of methoxy groups -OCH3 is 1. The highest BCUT2D eigenvalue weighted by molar-refractivity contribution is 5.93. The molecule has 0 radical (unpaired) electrons. The molecule has 1 aromatic rings. The number of hydrogen-bond donors (Lipinski definition) is 3. The Bertz CT molecular complexity index is 429. The van der Waals surface area contributed by atoms with Crippen LogP contribution in [0, 0.1) is 5.92 Å². The summed E-state index contributed by atoms with van der Waals surface area (Å²) in [6.07, 6.45) is 0.474. The van der Waals surface area contributed by atoms with E-state index < -0.39 is 17.9 Å². The number of nitrogen functional groups attached to an aromatic ring is 1. The van der Waals surface area contributed by atoms with Crippen LogP contribution in [0.2, 0.25) is 0 Å². The smallest absolute Gasteiger partial charge is 0.328 e. The molecule has 1 amide bonds. The zero-order valence-corrected chi connectivity index (χ0v) is 10.6. The molecule has 0 aliphatic heterocycles. The van der Waals surface area contributed by atoms with Gasteiger partial charge in [-0.25, -0.2) is 4.79 Å². The number of H-pyrrole nitrogens is 1. The van der Waals surface area contributed by atoms with Gasteiger partial charge in [-0.15, -0.1) is 5.10 Å². The van der Waals surface area contributed by atoms with Crippen LogP contribution in [0.1, 0.15) is 30.9 Å². The van der Waals surface area contributed by atoms with Gasteiger partial charge < -0.3 is 15.8 Å². The lowest BCUT2D eigenvalue weighted by Crippen LogP contribution is -2.42. The van der Waals surface area contributed by atoms with Gasteiger partial charge in [0.15, 0.2) is 0 Å². The Labute approximate surface area is 104 Å². The molecular weight excluding hydrogens is 238 g/mol. The second-order valence-electron chi connectivity index (χ2n) is 4.22. The Morgan fingerprint density at radius 1 is 1.50 bits per heavy atom. The number of esters is 1. The molecule has 1 unspecified atom stereocenters. The van der Waals surface area contributed by atoms with Gasteiger partial charge in [0.05, 0.1) is 7.11 Å². The number of carbonyl (C=O) groups is 2. The summed E-state index contributed by atoms with van der Waals surface area (Å²) >= 11 is 0. The number of rotatable bonds is 5. The Balaban J connectivity index is 2.71. The molecule has 0 aliphatic carbocycles. The fourth-order valence-electron chi connectivity index (χ4n) is 1.43. The third-order valence-electron chi connectivity index (χ3n) is 2.22. The Hall–Kier alpha value is -2.12. The van der Waals surface area contributed by atoms with Crippen molar-refractivity contribution in [2.75, 3.05) is 12.8 Å². The van der Waals surface area contributed by atoms with E-state index in [2.05, 4.69) is 25.2 Å². The Morgan fingerprint density at radius 3 is 2.61 bits per heavy atom. The summed E-state index contributed by atoms with van der Waals surface area (Å²) in [5.74, 6) is -0.877. The summed E-state index contributed by atoms with van der Waals surface area (Å²) in [7, 11) is 1.27. The molecule has 0 saturated heterocycles. The van der Waals surface area contributed by atoms with Crippen molar-refractivity contribution in [2.45, 2.75) is 26.3 Å². The van der Waals surface area contributed by atoms with E-state index in [1.807, 2.05) is 13.8 Å². The first-order chi connectivity index (χ1) is 8.43. The van der Waals surface area contributed by atoms with Crippen LogP contribution in [-0.2, 0) is 9.53 Å². The maximum atomic E-state index is 11.8. The minimum atomic E-state index is -0.714. The second kappa shape index (κ2) is 5.99. The molecule has 100 valence electrons. The number of ether oxygens (including phenoxy) is 1. The lowest BCUT2D eigenvalue weighted by atomic mass is 10.0.